The van der Waals surface area contributed by atoms with E-state index in [0.29, 0.717) is 28.3 Å². The fourth-order valence-corrected chi connectivity index (χ4v) is 4.60. The molecule has 3 aromatic carbocycles. The average Bonchev–Trinajstić information content (AvgIpc) is 3.33. The van der Waals surface area contributed by atoms with Crippen molar-refractivity contribution >= 4 is 15.9 Å². The second-order valence-electron chi connectivity index (χ2n) is 8.02. The molecule has 0 bridgehead atoms. The molecule has 0 radical (unpaired) electrons. The molecule has 0 spiro atoms. The Kier molecular flexibility index (Phi) is 6.63. The van der Waals surface area contributed by atoms with Gasteiger partial charge < -0.3 is 9.73 Å². The fraction of sp³-hybridized carbons (Fsp3) is 0.154. The molecule has 1 heterocycles. The number of aryl methyl sites for hydroxylation is 1. The van der Waals surface area contributed by atoms with E-state index in [1.807, 2.05) is 31.2 Å². The molecule has 0 saturated heterocycles. The summed E-state index contributed by atoms with van der Waals surface area (Å²) in [4.78, 5) is 17.6. The predicted molar refractivity (Wildman–Crippen MR) is 131 cm³/mol. The van der Waals surface area contributed by atoms with Crippen molar-refractivity contribution in [3.05, 3.63) is 95.7 Å². The molecule has 0 aliphatic rings. The zero-order chi connectivity index (χ0) is 24.3. The highest BCUT2D eigenvalue weighted by molar-refractivity contribution is 7.89. The number of rotatable bonds is 7. The van der Waals surface area contributed by atoms with Gasteiger partial charge >= 0.3 is 0 Å². The predicted octanol–water partition coefficient (Wildman–Crippen LogP) is 4.50. The van der Waals surface area contributed by atoms with Crippen LogP contribution in [0.25, 0.3) is 22.8 Å². The highest BCUT2D eigenvalue weighted by Crippen LogP contribution is 2.28. The zero-order valence-corrected chi connectivity index (χ0v) is 20.0. The van der Waals surface area contributed by atoms with E-state index in [4.69, 9.17) is 4.42 Å². The van der Waals surface area contributed by atoms with Gasteiger partial charge in [0.2, 0.25) is 15.9 Å². The SMILES string of the molecule is Cc1ccc(-c2cnc(-c3ccccc3C(=O)NCc3ccccc3S(=O)(=O)N(C)C)o2)cc1. The molecule has 34 heavy (non-hydrogen) atoms. The third kappa shape index (κ3) is 4.78. The Bertz CT molecular complexity index is 1420. The summed E-state index contributed by atoms with van der Waals surface area (Å²) in [5.74, 6) is 0.577. The van der Waals surface area contributed by atoms with Crippen LogP contribution in [0.1, 0.15) is 21.5 Å². The summed E-state index contributed by atoms with van der Waals surface area (Å²) in [5.41, 5.74) is 3.47. The molecule has 1 N–H and O–H groups in total. The third-order valence-electron chi connectivity index (χ3n) is 5.41. The van der Waals surface area contributed by atoms with Crippen LogP contribution in [0, 0.1) is 6.92 Å². The van der Waals surface area contributed by atoms with E-state index in [1.165, 1.54) is 20.2 Å². The molecule has 0 unspecified atom stereocenters. The number of oxazole rings is 1. The smallest absolute Gasteiger partial charge is 0.252 e. The Balaban J connectivity index is 1.58. The van der Waals surface area contributed by atoms with Gasteiger partial charge in [-0.15, -0.1) is 0 Å². The van der Waals surface area contributed by atoms with E-state index in [0.717, 1.165) is 15.4 Å². The zero-order valence-electron chi connectivity index (χ0n) is 19.1. The van der Waals surface area contributed by atoms with Crippen LogP contribution < -0.4 is 5.32 Å². The van der Waals surface area contributed by atoms with E-state index < -0.39 is 10.0 Å². The van der Waals surface area contributed by atoms with Gasteiger partial charge in [-0.05, 0) is 30.7 Å². The van der Waals surface area contributed by atoms with Gasteiger partial charge in [0.15, 0.2) is 5.76 Å². The number of aromatic nitrogens is 1. The number of amides is 1. The van der Waals surface area contributed by atoms with Crippen LogP contribution in [0.15, 0.2) is 88.3 Å². The Labute approximate surface area is 199 Å². The third-order valence-corrected chi connectivity index (χ3v) is 7.33. The summed E-state index contributed by atoms with van der Waals surface area (Å²) < 4.78 is 32.4. The van der Waals surface area contributed by atoms with Crippen LogP contribution in [0.3, 0.4) is 0 Å². The van der Waals surface area contributed by atoms with E-state index >= 15 is 0 Å². The number of hydrogen-bond acceptors (Lipinski definition) is 5. The highest BCUT2D eigenvalue weighted by atomic mass is 32.2. The maximum Gasteiger partial charge on any atom is 0.252 e. The molecule has 174 valence electrons. The van der Waals surface area contributed by atoms with E-state index in [-0.39, 0.29) is 17.3 Å². The van der Waals surface area contributed by atoms with Gasteiger partial charge in [-0.1, -0.05) is 60.2 Å². The normalized spacial score (nSPS) is 11.5. The molecule has 0 aliphatic carbocycles. The van der Waals surface area contributed by atoms with Gasteiger partial charge in [-0.2, -0.15) is 0 Å². The minimum atomic E-state index is -3.64. The van der Waals surface area contributed by atoms with E-state index in [1.54, 1.807) is 48.7 Å². The Morgan fingerprint density at radius 3 is 2.38 bits per heavy atom. The Morgan fingerprint density at radius 1 is 0.971 bits per heavy atom. The van der Waals surface area contributed by atoms with Crippen molar-refractivity contribution in [2.24, 2.45) is 0 Å². The molecule has 0 fully saturated rings. The van der Waals surface area contributed by atoms with Crippen molar-refractivity contribution in [2.75, 3.05) is 14.1 Å². The van der Waals surface area contributed by atoms with Crippen molar-refractivity contribution < 1.29 is 17.6 Å². The second kappa shape index (κ2) is 9.62. The Morgan fingerprint density at radius 2 is 1.65 bits per heavy atom. The minimum Gasteiger partial charge on any atom is -0.436 e. The molecule has 1 amide bonds. The first kappa shape index (κ1) is 23.4. The topological polar surface area (TPSA) is 92.5 Å². The lowest BCUT2D eigenvalue weighted by atomic mass is 10.1. The average molecular weight is 476 g/mol. The van der Waals surface area contributed by atoms with Gasteiger partial charge in [-0.3, -0.25) is 4.79 Å². The van der Waals surface area contributed by atoms with Crippen molar-refractivity contribution in [1.29, 1.82) is 0 Å². The largest absolute Gasteiger partial charge is 0.436 e. The quantitative estimate of drug-likeness (QED) is 0.425. The summed E-state index contributed by atoms with van der Waals surface area (Å²) >= 11 is 0. The number of carbonyl (C=O) groups excluding carboxylic acids is 1. The molecular formula is C26H25N3O4S. The van der Waals surface area contributed by atoms with Crippen LogP contribution in [0.4, 0.5) is 0 Å². The first-order valence-corrected chi connectivity index (χ1v) is 12.1. The molecule has 1 aromatic heterocycles. The standard InChI is InChI=1S/C26H25N3O4S/c1-18-12-14-19(15-13-18)23-17-28-26(33-23)22-10-6-5-9-21(22)25(30)27-16-20-8-4-7-11-24(20)34(31,32)29(2)3/h4-15,17H,16H2,1-3H3,(H,27,30). The van der Waals surface area contributed by atoms with Gasteiger partial charge in [-0.25, -0.2) is 17.7 Å². The fourth-order valence-electron chi connectivity index (χ4n) is 3.49. The van der Waals surface area contributed by atoms with Crippen LogP contribution in [0.2, 0.25) is 0 Å². The van der Waals surface area contributed by atoms with Crippen molar-refractivity contribution in [2.45, 2.75) is 18.4 Å². The van der Waals surface area contributed by atoms with Crippen LogP contribution >= 0.6 is 0 Å². The molecular weight excluding hydrogens is 450 g/mol. The molecule has 7 nitrogen and oxygen atoms in total. The lowest BCUT2D eigenvalue weighted by Gasteiger charge is -2.15. The highest BCUT2D eigenvalue weighted by Gasteiger charge is 2.22. The van der Waals surface area contributed by atoms with Gasteiger partial charge in [0.05, 0.1) is 16.7 Å². The summed E-state index contributed by atoms with van der Waals surface area (Å²) in [6.45, 7) is 2.06. The summed E-state index contributed by atoms with van der Waals surface area (Å²) in [7, 11) is -0.692. The van der Waals surface area contributed by atoms with Crippen molar-refractivity contribution in [1.82, 2.24) is 14.6 Å². The summed E-state index contributed by atoms with van der Waals surface area (Å²) in [5, 5.41) is 2.83. The van der Waals surface area contributed by atoms with E-state index in [2.05, 4.69) is 10.3 Å². The van der Waals surface area contributed by atoms with Gasteiger partial charge in [0.25, 0.3) is 5.91 Å². The number of hydrogen-bond donors (Lipinski definition) is 1. The number of benzene rings is 3. The second-order valence-corrected chi connectivity index (χ2v) is 10.1. The first-order valence-electron chi connectivity index (χ1n) is 10.7. The number of nitrogens with one attached hydrogen (secondary N) is 1. The molecule has 0 saturated carbocycles. The Hall–Kier alpha value is -3.75. The van der Waals surface area contributed by atoms with Gasteiger partial charge in [0, 0.05) is 31.8 Å². The van der Waals surface area contributed by atoms with Crippen molar-refractivity contribution in [3.8, 4) is 22.8 Å². The van der Waals surface area contributed by atoms with E-state index in [9.17, 15) is 13.2 Å². The van der Waals surface area contributed by atoms with Crippen molar-refractivity contribution in [3.63, 3.8) is 0 Å². The lowest BCUT2D eigenvalue weighted by Crippen LogP contribution is -2.27. The lowest BCUT2D eigenvalue weighted by molar-refractivity contribution is 0.0951. The number of carbonyl (C=O) groups is 1. The van der Waals surface area contributed by atoms with Crippen LogP contribution in [0.5, 0.6) is 0 Å². The molecule has 8 heteroatoms. The first-order chi connectivity index (χ1) is 16.3. The maximum absolute atomic E-state index is 13.1. The monoisotopic (exact) mass is 475 g/mol. The van der Waals surface area contributed by atoms with Crippen LogP contribution in [-0.2, 0) is 16.6 Å². The van der Waals surface area contributed by atoms with Gasteiger partial charge in [0.1, 0.15) is 0 Å². The molecule has 0 atom stereocenters. The summed E-state index contributed by atoms with van der Waals surface area (Å²) in [6.07, 6.45) is 1.64. The molecule has 0 aliphatic heterocycles. The number of nitrogens with zero attached hydrogens (tertiary/aromatic N) is 2. The maximum atomic E-state index is 13.1. The molecule has 4 rings (SSSR count). The summed E-state index contributed by atoms with van der Waals surface area (Å²) in [6, 6.07) is 21.5. The number of sulfonamides is 1. The minimum absolute atomic E-state index is 0.0522. The van der Waals surface area contributed by atoms with Crippen LogP contribution in [-0.4, -0.2) is 37.7 Å². The molecule has 4 aromatic rings.